The van der Waals surface area contributed by atoms with Crippen LogP contribution in [-0.4, -0.2) is 26.9 Å². The molecule has 3 aromatic carbocycles. The summed E-state index contributed by atoms with van der Waals surface area (Å²) in [5, 5.41) is 30.7. The minimum absolute atomic E-state index is 0.00884. The van der Waals surface area contributed by atoms with Crippen LogP contribution in [0, 0.1) is 0 Å². The molecule has 0 unspecified atom stereocenters. The van der Waals surface area contributed by atoms with Gasteiger partial charge in [-0.1, -0.05) is 18.2 Å². The van der Waals surface area contributed by atoms with Gasteiger partial charge in [-0.2, -0.15) is 0 Å². The highest BCUT2D eigenvalue weighted by molar-refractivity contribution is 6.34. The summed E-state index contributed by atoms with van der Waals surface area (Å²) in [6, 6.07) is 10.00. The molecule has 0 spiro atoms. The van der Waals surface area contributed by atoms with Gasteiger partial charge in [0.1, 0.15) is 17.2 Å². The van der Waals surface area contributed by atoms with E-state index in [-0.39, 0.29) is 50.5 Å². The number of ketones is 2. The number of aromatic hydroxyl groups is 3. The maximum absolute atomic E-state index is 13.0. The Kier molecular flexibility index (Phi) is 3.35. The van der Waals surface area contributed by atoms with Crippen molar-refractivity contribution in [3.05, 3.63) is 64.7 Å². The quantitative estimate of drug-likeness (QED) is 0.258. The van der Waals surface area contributed by atoms with Crippen LogP contribution < -0.4 is 11.5 Å². The Morgan fingerprint density at radius 1 is 0.630 bits per heavy atom. The van der Waals surface area contributed by atoms with E-state index in [1.807, 2.05) is 0 Å². The number of carbonyl (C=O) groups excluding carboxylic acids is 2. The highest BCUT2D eigenvalue weighted by Gasteiger charge is 2.38. The standard InChI is InChI=1S/C20H14N2O5/c21-10-5-6-12(24)15-14(10)19(26)16-13(25)7-9(18(22)17(16)20(15)27)8-3-1-2-4-11(8)23/h1-7,23-25H,21-22H2. The molecule has 0 saturated heterocycles. The summed E-state index contributed by atoms with van der Waals surface area (Å²) >= 11 is 0. The van der Waals surface area contributed by atoms with Gasteiger partial charge in [0.2, 0.25) is 11.6 Å². The summed E-state index contributed by atoms with van der Waals surface area (Å²) in [7, 11) is 0. The monoisotopic (exact) mass is 362 g/mol. The van der Waals surface area contributed by atoms with Crippen LogP contribution in [0.2, 0.25) is 0 Å². The number of para-hydroxylation sites is 1. The van der Waals surface area contributed by atoms with E-state index in [0.29, 0.717) is 0 Å². The van der Waals surface area contributed by atoms with Gasteiger partial charge in [0.05, 0.1) is 27.9 Å². The average molecular weight is 362 g/mol. The normalized spacial score (nSPS) is 12.6. The molecule has 0 fully saturated rings. The van der Waals surface area contributed by atoms with Crippen molar-refractivity contribution < 1.29 is 24.9 Å². The number of nitrogens with two attached hydrogens (primary N) is 2. The third-order valence-corrected chi connectivity index (χ3v) is 4.66. The predicted molar refractivity (Wildman–Crippen MR) is 99.0 cm³/mol. The van der Waals surface area contributed by atoms with Crippen molar-refractivity contribution >= 4 is 22.9 Å². The fourth-order valence-electron chi connectivity index (χ4n) is 3.41. The molecule has 0 heterocycles. The maximum atomic E-state index is 13.0. The van der Waals surface area contributed by atoms with Crippen molar-refractivity contribution in [2.45, 2.75) is 0 Å². The second kappa shape index (κ2) is 5.50. The van der Waals surface area contributed by atoms with Crippen LogP contribution in [0.25, 0.3) is 11.1 Å². The number of nitrogen functional groups attached to an aromatic ring is 2. The Hall–Kier alpha value is -4.00. The van der Waals surface area contributed by atoms with Gasteiger partial charge < -0.3 is 26.8 Å². The summed E-state index contributed by atoms with van der Waals surface area (Å²) in [6.45, 7) is 0. The van der Waals surface area contributed by atoms with Gasteiger partial charge in [0.25, 0.3) is 0 Å². The smallest absolute Gasteiger partial charge is 0.200 e. The van der Waals surface area contributed by atoms with Crippen LogP contribution in [0.4, 0.5) is 11.4 Å². The third kappa shape index (κ3) is 2.15. The SMILES string of the molecule is Nc1ccc(O)c2c1C(=O)c1c(O)cc(-c3ccccc3O)c(N)c1C2=O. The van der Waals surface area contributed by atoms with Crippen molar-refractivity contribution in [3.63, 3.8) is 0 Å². The first-order valence-electron chi connectivity index (χ1n) is 7.97. The minimum atomic E-state index is -0.727. The molecule has 0 bridgehead atoms. The van der Waals surface area contributed by atoms with Crippen molar-refractivity contribution in [3.8, 4) is 28.4 Å². The molecule has 7 N–H and O–H groups in total. The Bertz CT molecular complexity index is 1170. The maximum Gasteiger partial charge on any atom is 0.200 e. The zero-order chi connectivity index (χ0) is 19.5. The van der Waals surface area contributed by atoms with E-state index in [4.69, 9.17) is 11.5 Å². The molecule has 0 amide bonds. The van der Waals surface area contributed by atoms with Crippen molar-refractivity contribution in [2.24, 2.45) is 0 Å². The summed E-state index contributed by atoms with van der Waals surface area (Å²) < 4.78 is 0. The van der Waals surface area contributed by atoms with Gasteiger partial charge in [0, 0.05) is 16.8 Å². The van der Waals surface area contributed by atoms with Crippen LogP contribution in [-0.2, 0) is 0 Å². The number of benzene rings is 3. The Labute approximate surface area is 153 Å². The molecular formula is C20H14N2O5. The minimum Gasteiger partial charge on any atom is -0.507 e. The number of carbonyl (C=O) groups is 2. The Morgan fingerprint density at radius 2 is 1.26 bits per heavy atom. The Morgan fingerprint density at radius 3 is 1.96 bits per heavy atom. The predicted octanol–water partition coefficient (Wildman–Crippen LogP) is 2.41. The highest BCUT2D eigenvalue weighted by Crippen LogP contribution is 2.45. The van der Waals surface area contributed by atoms with Gasteiger partial charge in [0.15, 0.2) is 0 Å². The lowest BCUT2D eigenvalue weighted by molar-refractivity contribution is 0.0975. The van der Waals surface area contributed by atoms with Crippen LogP contribution in [0.1, 0.15) is 31.8 Å². The molecule has 1 aliphatic rings. The van der Waals surface area contributed by atoms with Gasteiger partial charge >= 0.3 is 0 Å². The van der Waals surface area contributed by atoms with Crippen molar-refractivity contribution in [1.82, 2.24) is 0 Å². The van der Waals surface area contributed by atoms with E-state index >= 15 is 0 Å². The van der Waals surface area contributed by atoms with Crippen molar-refractivity contribution in [2.75, 3.05) is 11.5 Å². The lowest BCUT2D eigenvalue weighted by Gasteiger charge is -2.23. The molecule has 4 rings (SSSR count). The highest BCUT2D eigenvalue weighted by atomic mass is 16.3. The molecule has 27 heavy (non-hydrogen) atoms. The zero-order valence-electron chi connectivity index (χ0n) is 13.9. The Balaban J connectivity index is 2.08. The van der Waals surface area contributed by atoms with Crippen LogP contribution in [0.3, 0.4) is 0 Å². The second-order valence-electron chi connectivity index (χ2n) is 6.21. The molecule has 134 valence electrons. The van der Waals surface area contributed by atoms with E-state index in [2.05, 4.69) is 0 Å². The average Bonchev–Trinajstić information content (AvgIpc) is 2.63. The second-order valence-corrected chi connectivity index (χ2v) is 6.21. The fraction of sp³-hybridized carbons (Fsp3) is 0. The van der Waals surface area contributed by atoms with Crippen LogP contribution in [0.5, 0.6) is 17.2 Å². The lowest BCUT2D eigenvalue weighted by atomic mass is 9.80. The molecule has 0 aliphatic heterocycles. The molecule has 0 aromatic heterocycles. The molecule has 0 atom stereocenters. The molecule has 3 aromatic rings. The summed E-state index contributed by atoms with van der Waals surface area (Å²) in [5.41, 5.74) is 11.5. The molecule has 7 nitrogen and oxygen atoms in total. The van der Waals surface area contributed by atoms with Gasteiger partial charge in [-0.15, -0.1) is 0 Å². The van der Waals surface area contributed by atoms with Gasteiger partial charge in [-0.3, -0.25) is 9.59 Å². The lowest BCUT2D eigenvalue weighted by Crippen LogP contribution is -2.24. The molecule has 7 heteroatoms. The molecule has 1 aliphatic carbocycles. The number of hydrogen-bond acceptors (Lipinski definition) is 7. The zero-order valence-corrected chi connectivity index (χ0v) is 13.9. The first-order valence-corrected chi connectivity index (χ1v) is 7.97. The third-order valence-electron chi connectivity index (χ3n) is 4.66. The number of fused-ring (bicyclic) bond motifs is 2. The number of hydrogen-bond donors (Lipinski definition) is 5. The first-order chi connectivity index (χ1) is 12.8. The fourth-order valence-corrected chi connectivity index (χ4v) is 3.41. The van der Waals surface area contributed by atoms with Crippen LogP contribution >= 0.6 is 0 Å². The largest absolute Gasteiger partial charge is 0.507 e. The molecular weight excluding hydrogens is 348 g/mol. The summed E-state index contributed by atoms with van der Waals surface area (Å²) in [4.78, 5) is 26.0. The number of anilines is 2. The van der Waals surface area contributed by atoms with E-state index in [0.717, 1.165) is 0 Å². The number of phenols is 3. The van der Waals surface area contributed by atoms with Gasteiger partial charge in [-0.05, 0) is 24.3 Å². The van der Waals surface area contributed by atoms with Crippen molar-refractivity contribution in [1.29, 1.82) is 0 Å². The number of rotatable bonds is 1. The molecule has 0 radical (unpaired) electrons. The summed E-state index contributed by atoms with van der Waals surface area (Å²) in [5.74, 6) is -2.42. The molecule has 0 saturated carbocycles. The number of phenolic OH excluding ortho intramolecular Hbond substituents is 3. The van der Waals surface area contributed by atoms with E-state index in [9.17, 15) is 24.9 Å². The summed E-state index contributed by atoms with van der Waals surface area (Å²) in [6.07, 6.45) is 0. The first kappa shape index (κ1) is 16.5. The van der Waals surface area contributed by atoms with E-state index in [1.54, 1.807) is 18.2 Å². The van der Waals surface area contributed by atoms with Gasteiger partial charge in [-0.25, -0.2) is 0 Å². The topological polar surface area (TPSA) is 147 Å². The van der Waals surface area contributed by atoms with Crippen LogP contribution in [0.15, 0.2) is 42.5 Å². The van der Waals surface area contributed by atoms with E-state index < -0.39 is 23.1 Å². The van der Waals surface area contributed by atoms with E-state index in [1.165, 1.54) is 24.3 Å².